The normalized spacial score (nSPS) is 18.2. The van der Waals surface area contributed by atoms with Crippen LogP contribution in [0.5, 0.6) is 0 Å². The molecule has 0 aromatic heterocycles. The van der Waals surface area contributed by atoms with Crippen molar-refractivity contribution in [2.75, 3.05) is 24.6 Å². The Kier molecular flexibility index (Phi) is 4.89. The Bertz CT molecular complexity index is 535. The van der Waals surface area contributed by atoms with Crippen molar-refractivity contribution in [3.8, 4) is 0 Å². The lowest BCUT2D eigenvalue weighted by atomic mass is 10.2. The van der Waals surface area contributed by atoms with Crippen LogP contribution in [0.2, 0.25) is 0 Å². The van der Waals surface area contributed by atoms with Crippen LogP contribution in [0.1, 0.15) is 17.5 Å². The van der Waals surface area contributed by atoms with E-state index in [1.165, 1.54) is 0 Å². The van der Waals surface area contributed by atoms with Gasteiger partial charge in [0.15, 0.2) is 0 Å². The molecule has 0 radical (unpaired) electrons. The first-order valence-electron chi connectivity index (χ1n) is 6.34. The highest BCUT2D eigenvalue weighted by atomic mass is 32.2. The third-order valence-corrected chi connectivity index (χ3v) is 6.32. The fourth-order valence-electron chi connectivity index (χ4n) is 2.12. The van der Waals surface area contributed by atoms with Crippen molar-refractivity contribution in [1.82, 2.24) is 4.31 Å². The Morgan fingerprint density at radius 2 is 2.11 bits per heavy atom. The van der Waals surface area contributed by atoms with Gasteiger partial charge in [-0.2, -0.15) is 16.1 Å². The smallest absolute Gasteiger partial charge is 0.243 e. The highest BCUT2D eigenvalue weighted by Gasteiger charge is 2.26. The number of nitrogens with zero attached hydrogens (tertiary/aromatic N) is 1. The highest BCUT2D eigenvalue weighted by Crippen LogP contribution is 2.23. The van der Waals surface area contributed by atoms with Gasteiger partial charge >= 0.3 is 0 Å². The number of aryl methyl sites for hydroxylation is 1. The van der Waals surface area contributed by atoms with Crippen LogP contribution in [0.3, 0.4) is 0 Å². The molecule has 1 aromatic rings. The number of hydrogen-bond acceptors (Lipinski definition) is 4. The van der Waals surface area contributed by atoms with Gasteiger partial charge in [-0.15, -0.1) is 0 Å². The lowest BCUT2D eigenvalue weighted by Gasteiger charge is -2.21. The molecule has 0 saturated carbocycles. The quantitative estimate of drug-likeness (QED) is 0.921. The lowest BCUT2D eigenvalue weighted by Crippen LogP contribution is -2.33. The molecule has 1 aliphatic heterocycles. The van der Waals surface area contributed by atoms with Crippen LogP contribution in [0.25, 0.3) is 0 Å². The van der Waals surface area contributed by atoms with Crippen LogP contribution < -0.4 is 0 Å². The summed E-state index contributed by atoms with van der Waals surface area (Å²) in [6, 6.07) is 5.10. The molecule has 1 heterocycles. The summed E-state index contributed by atoms with van der Waals surface area (Å²) in [6.45, 7) is 2.80. The second kappa shape index (κ2) is 6.26. The van der Waals surface area contributed by atoms with E-state index in [0.29, 0.717) is 23.5 Å². The molecule has 0 aliphatic carbocycles. The number of aliphatic hydroxyl groups is 1. The van der Waals surface area contributed by atoms with Gasteiger partial charge < -0.3 is 5.11 Å². The third kappa shape index (κ3) is 3.31. The zero-order valence-electron chi connectivity index (χ0n) is 11.0. The first kappa shape index (κ1) is 14.8. The molecule has 0 unspecified atom stereocenters. The average molecular weight is 301 g/mol. The van der Waals surface area contributed by atoms with Crippen molar-refractivity contribution in [1.29, 1.82) is 0 Å². The van der Waals surface area contributed by atoms with E-state index in [4.69, 9.17) is 5.11 Å². The Balaban J connectivity index is 2.37. The largest absolute Gasteiger partial charge is 0.392 e. The van der Waals surface area contributed by atoms with Gasteiger partial charge in [-0.05, 0) is 36.3 Å². The predicted octanol–water partition coefficient (Wildman–Crippen LogP) is 1.61. The van der Waals surface area contributed by atoms with E-state index >= 15 is 0 Å². The van der Waals surface area contributed by atoms with Crippen LogP contribution in [-0.4, -0.2) is 42.4 Å². The minimum absolute atomic E-state index is 0.140. The fourth-order valence-corrected chi connectivity index (χ4v) is 4.88. The summed E-state index contributed by atoms with van der Waals surface area (Å²) in [7, 11) is -3.44. The average Bonchev–Trinajstić information content (AvgIpc) is 2.68. The predicted molar refractivity (Wildman–Crippen MR) is 77.8 cm³/mol. The standard InChI is InChI=1S/C13H19NO3S2/c1-11-3-4-12(10-15)9-13(11)19(16,17)14-5-2-7-18-8-6-14/h3-4,9,15H,2,5-8,10H2,1H3. The third-order valence-electron chi connectivity index (χ3n) is 3.23. The molecular formula is C13H19NO3S2. The van der Waals surface area contributed by atoms with Gasteiger partial charge in [-0.1, -0.05) is 12.1 Å². The van der Waals surface area contributed by atoms with E-state index in [-0.39, 0.29) is 6.61 Å². The van der Waals surface area contributed by atoms with Crippen molar-refractivity contribution in [3.05, 3.63) is 29.3 Å². The molecule has 2 rings (SSSR count). The van der Waals surface area contributed by atoms with Crippen molar-refractivity contribution < 1.29 is 13.5 Å². The zero-order valence-corrected chi connectivity index (χ0v) is 12.6. The lowest BCUT2D eigenvalue weighted by molar-refractivity contribution is 0.281. The van der Waals surface area contributed by atoms with Gasteiger partial charge in [-0.25, -0.2) is 8.42 Å². The van der Waals surface area contributed by atoms with Gasteiger partial charge in [0.1, 0.15) is 0 Å². The van der Waals surface area contributed by atoms with Crippen molar-refractivity contribution in [2.24, 2.45) is 0 Å². The summed E-state index contributed by atoms with van der Waals surface area (Å²) >= 11 is 1.80. The second-order valence-corrected chi connectivity index (χ2v) is 7.76. The summed E-state index contributed by atoms with van der Waals surface area (Å²) in [5.41, 5.74) is 1.36. The number of aliphatic hydroxyl groups excluding tert-OH is 1. The monoisotopic (exact) mass is 301 g/mol. The molecule has 0 spiro atoms. The maximum atomic E-state index is 12.7. The molecule has 1 aliphatic rings. The number of thioether (sulfide) groups is 1. The van der Waals surface area contributed by atoms with Crippen molar-refractivity contribution in [2.45, 2.75) is 24.8 Å². The van der Waals surface area contributed by atoms with E-state index in [1.807, 2.05) is 0 Å². The molecule has 0 atom stereocenters. The van der Waals surface area contributed by atoms with E-state index in [1.54, 1.807) is 41.2 Å². The fraction of sp³-hybridized carbons (Fsp3) is 0.538. The molecule has 106 valence electrons. The topological polar surface area (TPSA) is 57.6 Å². The van der Waals surface area contributed by atoms with Gasteiger partial charge in [0.05, 0.1) is 11.5 Å². The Morgan fingerprint density at radius 3 is 2.84 bits per heavy atom. The van der Waals surface area contributed by atoms with E-state index in [9.17, 15) is 8.42 Å². The first-order chi connectivity index (χ1) is 9.05. The van der Waals surface area contributed by atoms with Crippen LogP contribution in [-0.2, 0) is 16.6 Å². The first-order valence-corrected chi connectivity index (χ1v) is 8.93. The van der Waals surface area contributed by atoms with Gasteiger partial charge in [0, 0.05) is 18.8 Å². The maximum absolute atomic E-state index is 12.7. The molecule has 0 bridgehead atoms. The minimum Gasteiger partial charge on any atom is -0.392 e. The van der Waals surface area contributed by atoms with Gasteiger partial charge in [0.25, 0.3) is 0 Å². The summed E-state index contributed by atoms with van der Waals surface area (Å²) in [5, 5.41) is 9.16. The maximum Gasteiger partial charge on any atom is 0.243 e. The zero-order chi connectivity index (χ0) is 13.9. The Morgan fingerprint density at radius 1 is 1.32 bits per heavy atom. The highest BCUT2D eigenvalue weighted by molar-refractivity contribution is 7.99. The molecule has 0 amide bonds. The van der Waals surface area contributed by atoms with Crippen molar-refractivity contribution in [3.63, 3.8) is 0 Å². The number of sulfonamides is 1. The SMILES string of the molecule is Cc1ccc(CO)cc1S(=O)(=O)N1CCCSCC1. The summed E-state index contributed by atoms with van der Waals surface area (Å²) < 4.78 is 26.9. The number of rotatable bonds is 3. The molecule has 1 saturated heterocycles. The molecule has 4 nitrogen and oxygen atoms in total. The summed E-state index contributed by atoms with van der Waals surface area (Å²) in [6.07, 6.45) is 0.892. The summed E-state index contributed by atoms with van der Waals surface area (Å²) in [5.74, 6) is 1.86. The molecule has 1 aromatic carbocycles. The summed E-state index contributed by atoms with van der Waals surface area (Å²) in [4.78, 5) is 0.325. The number of hydrogen-bond donors (Lipinski definition) is 1. The molecule has 1 N–H and O–H groups in total. The molecule has 1 fully saturated rings. The second-order valence-electron chi connectivity index (χ2n) is 4.63. The Hall–Kier alpha value is -0.560. The van der Waals surface area contributed by atoms with Crippen LogP contribution in [0, 0.1) is 6.92 Å². The van der Waals surface area contributed by atoms with Crippen LogP contribution in [0.15, 0.2) is 23.1 Å². The Labute approximate surface area is 118 Å². The van der Waals surface area contributed by atoms with E-state index in [2.05, 4.69) is 0 Å². The van der Waals surface area contributed by atoms with Gasteiger partial charge in [-0.3, -0.25) is 0 Å². The number of benzene rings is 1. The van der Waals surface area contributed by atoms with E-state index in [0.717, 1.165) is 23.5 Å². The van der Waals surface area contributed by atoms with Gasteiger partial charge in [0.2, 0.25) is 10.0 Å². The van der Waals surface area contributed by atoms with Crippen LogP contribution >= 0.6 is 11.8 Å². The van der Waals surface area contributed by atoms with E-state index < -0.39 is 10.0 Å². The molecule has 19 heavy (non-hydrogen) atoms. The molecular weight excluding hydrogens is 282 g/mol. The van der Waals surface area contributed by atoms with Crippen molar-refractivity contribution >= 4 is 21.8 Å². The molecule has 6 heteroatoms. The van der Waals surface area contributed by atoms with Crippen LogP contribution in [0.4, 0.5) is 0 Å². The minimum atomic E-state index is -3.44.